The number of morpholine rings is 1. The van der Waals surface area contributed by atoms with E-state index in [1.165, 1.54) is 5.56 Å². The highest BCUT2D eigenvalue weighted by atomic mass is 16.5. The maximum atomic E-state index is 10.2. The molecule has 0 aliphatic carbocycles. The van der Waals surface area contributed by atoms with Crippen molar-refractivity contribution in [2.24, 2.45) is 0 Å². The van der Waals surface area contributed by atoms with Crippen molar-refractivity contribution in [3.8, 4) is 0 Å². The maximum Gasteiger partial charge on any atom is 0.0964 e. The summed E-state index contributed by atoms with van der Waals surface area (Å²) >= 11 is 0. The fraction of sp³-hybridized carbons (Fsp3) is 0.643. The first-order valence-electron chi connectivity index (χ1n) is 6.61. The number of hydrogen-bond donors (Lipinski definition) is 1. The Labute approximate surface area is 109 Å². The molecule has 1 aromatic rings. The number of likely N-dealkylation sites (N-methyl/N-ethyl adjacent to an activating group) is 1. The first-order chi connectivity index (χ1) is 8.69. The van der Waals surface area contributed by atoms with Gasteiger partial charge in [-0.2, -0.15) is 0 Å². The van der Waals surface area contributed by atoms with E-state index >= 15 is 0 Å². The molecule has 2 unspecified atom stereocenters. The molecule has 1 saturated heterocycles. The van der Waals surface area contributed by atoms with Gasteiger partial charge in [0.2, 0.25) is 0 Å². The highest BCUT2D eigenvalue weighted by molar-refractivity contribution is 5.14. The highest BCUT2D eigenvalue weighted by Gasteiger charge is 2.25. The van der Waals surface area contributed by atoms with Crippen LogP contribution in [0.3, 0.4) is 0 Å². The largest absolute Gasteiger partial charge is 0.390 e. The van der Waals surface area contributed by atoms with Crippen molar-refractivity contribution < 1.29 is 9.84 Å². The molecular weight excluding hydrogens is 228 g/mol. The SMILES string of the molecule is CCc1ccc(CC(O)C2CN(C)CCO2)nc1. The first kappa shape index (κ1) is 13.5. The molecule has 4 nitrogen and oxygen atoms in total. The number of aliphatic hydroxyl groups excluding tert-OH is 1. The zero-order valence-electron chi connectivity index (χ0n) is 11.2. The van der Waals surface area contributed by atoms with Crippen LogP contribution in [-0.4, -0.2) is 53.9 Å². The van der Waals surface area contributed by atoms with Crippen molar-refractivity contribution in [3.05, 3.63) is 29.6 Å². The molecule has 0 saturated carbocycles. The summed E-state index contributed by atoms with van der Waals surface area (Å²) in [5, 5.41) is 10.2. The number of aromatic nitrogens is 1. The molecule has 0 bridgehead atoms. The van der Waals surface area contributed by atoms with Gasteiger partial charge in [-0.05, 0) is 25.1 Å². The molecule has 1 N–H and O–H groups in total. The standard InChI is InChI=1S/C14H22N2O2/c1-3-11-4-5-12(15-9-11)8-13(17)14-10-16(2)6-7-18-14/h4-5,9,13-14,17H,3,6-8,10H2,1-2H3. The fourth-order valence-electron chi connectivity index (χ4n) is 2.17. The van der Waals surface area contributed by atoms with E-state index in [-0.39, 0.29) is 6.10 Å². The molecule has 1 aromatic heterocycles. The molecule has 0 radical (unpaired) electrons. The Morgan fingerprint density at radius 1 is 1.56 bits per heavy atom. The van der Waals surface area contributed by atoms with E-state index in [1.807, 2.05) is 12.3 Å². The molecule has 1 aliphatic heterocycles. The lowest BCUT2D eigenvalue weighted by Crippen LogP contribution is -2.46. The van der Waals surface area contributed by atoms with Crippen LogP contribution in [0.1, 0.15) is 18.2 Å². The normalized spacial score (nSPS) is 22.9. The zero-order chi connectivity index (χ0) is 13.0. The molecule has 100 valence electrons. The molecule has 2 rings (SSSR count). The van der Waals surface area contributed by atoms with Crippen molar-refractivity contribution >= 4 is 0 Å². The summed E-state index contributed by atoms with van der Waals surface area (Å²) in [6.45, 7) is 4.53. The van der Waals surface area contributed by atoms with E-state index in [4.69, 9.17) is 4.74 Å². The van der Waals surface area contributed by atoms with Gasteiger partial charge in [-0.1, -0.05) is 13.0 Å². The lowest BCUT2D eigenvalue weighted by atomic mass is 10.1. The number of pyridine rings is 1. The number of ether oxygens (including phenoxy) is 1. The van der Waals surface area contributed by atoms with E-state index in [2.05, 4.69) is 29.9 Å². The van der Waals surface area contributed by atoms with Gasteiger partial charge in [-0.15, -0.1) is 0 Å². The van der Waals surface area contributed by atoms with Gasteiger partial charge in [-0.3, -0.25) is 4.98 Å². The lowest BCUT2D eigenvalue weighted by Gasteiger charge is -2.32. The van der Waals surface area contributed by atoms with E-state index in [0.29, 0.717) is 13.0 Å². The molecule has 0 spiro atoms. The minimum absolute atomic E-state index is 0.101. The third-order valence-corrected chi connectivity index (χ3v) is 3.44. The summed E-state index contributed by atoms with van der Waals surface area (Å²) in [5.74, 6) is 0. The molecule has 0 aromatic carbocycles. The van der Waals surface area contributed by atoms with Crippen LogP contribution in [0.15, 0.2) is 18.3 Å². The van der Waals surface area contributed by atoms with Gasteiger partial charge >= 0.3 is 0 Å². The van der Waals surface area contributed by atoms with Crippen molar-refractivity contribution in [1.82, 2.24) is 9.88 Å². The maximum absolute atomic E-state index is 10.2. The van der Waals surface area contributed by atoms with Crippen molar-refractivity contribution in [3.63, 3.8) is 0 Å². The number of nitrogens with zero attached hydrogens (tertiary/aromatic N) is 2. The van der Waals surface area contributed by atoms with Gasteiger partial charge in [0.05, 0.1) is 18.8 Å². The highest BCUT2D eigenvalue weighted by Crippen LogP contribution is 2.12. The number of hydrogen-bond acceptors (Lipinski definition) is 4. The van der Waals surface area contributed by atoms with E-state index in [0.717, 1.165) is 25.2 Å². The summed E-state index contributed by atoms with van der Waals surface area (Å²) in [4.78, 5) is 6.56. The van der Waals surface area contributed by atoms with Crippen molar-refractivity contribution in [1.29, 1.82) is 0 Å². The van der Waals surface area contributed by atoms with Crippen LogP contribution in [0.5, 0.6) is 0 Å². The summed E-state index contributed by atoms with van der Waals surface area (Å²) in [5.41, 5.74) is 2.15. The Morgan fingerprint density at radius 3 is 3.00 bits per heavy atom. The molecular formula is C14H22N2O2. The topological polar surface area (TPSA) is 45.6 Å². The molecule has 4 heteroatoms. The first-order valence-corrected chi connectivity index (χ1v) is 6.61. The second-order valence-corrected chi connectivity index (χ2v) is 4.95. The Morgan fingerprint density at radius 2 is 2.39 bits per heavy atom. The number of aryl methyl sites for hydroxylation is 1. The number of aliphatic hydroxyl groups is 1. The molecule has 18 heavy (non-hydrogen) atoms. The van der Waals surface area contributed by atoms with E-state index < -0.39 is 6.10 Å². The Hall–Kier alpha value is -0.970. The van der Waals surface area contributed by atoms with Crippen molar-refractivity contribution in [2.75, 3.05) is 26.7 Å². The number of rotatable bonds is 4. The Balaban J connectivity index is 1.91. The summed E-state index contributed by atoms with van der Waals surface area (Å²) in [6.07, 6.45) is 2.86. The zero-order valence-corrected chi connectivity index (χ0v) is 11.2. The predicted molar refractivity (Wildman–Crippen MR) is 70.6 cm³/mol. The smallest absolute Gasteiger partial charge is 0.0964 e. The van der Waals surface area contributed by atoms with Crippen LogP contribution in [0.25, 0.3) is 0 Å². The Bertz CT molecular complexity index is 367. The van der Waals surface area contributed by atoms with Crippen LogP contribution in [0.4, 0.5) is 0 Å². The average molecular weight is 250 g/mol. The second-order valence-electron chi connectivity index (χ2n) is 4.95. The molecule has 0 amide bonds. The second kappa shape index (κ2) is 6.27. The van der Waals surface area contributed by atoms with Gasteiger partial charge < -0.3 is 14.7 Å². The lowest BCUT2D eigenvalue weighted by molar-refractivity contribution is -0.0825. The molecule has 2 heterocycles. The van der Waals surface area contributed by atoms with Crippen molar-refractivity contribution in [2.45, 2.75) is 32.0 Å². The van der Waals surface area contributed by atoms with E-state index in [9.17, 15) is 5.11 Å². The quantitative estimate of drug-likeness (QED) is 0.861. The Kier molecular flexibility index (Phi) is 4.69. The predicted octanol–water partition coefficient (Wildman–Crippen LogP) is 0.878. The van der Waals surface area contributed by atoms with Crippen LogP contribution < -0.4 is 0 Å². The van der Waals surface area contributed by atoms with Crippen LogP contribution in [-0.2, 0) is 17.6 Å². The fourth-order valence-corrected chi connectivity index (χ4v) is 2.17. The molecule has 2 atom stereocenters. The van der Waals surface area contributed by atoms with Crippen LogP contribution >= 0.6 is 0 Å². The van der Waals surface area contributed by atoms with E-state index in [1.54, 1.807) is 0 Å². The minimum Gasteiger partial charge on any atom is -0.390 e. The monoisotopic (exact) mass is 250 g/mol. The van der Waals surface area contributed by atoms with Gasteiger partial charge in [-0.25, -0.2) is 0 Å². The summed E-state index contributed by atoms with van der Waals surface area (Å²) in [6, 6.07) is 4.07. The third kappa shape index (κ3) is 3.51. The van der Waals surface area contributed by atoms with Crippen LogP contribution in [0.2, 0.25) is 0 Å². The average Bonchev–Trinajstić information content (AvgIpc) is 2.39. The molecule has 1 aliphatic rings. The van der Waals surface area contributed by atoms with Gasteiger partial charge in [0.1, 0.15) is 0 Å². The van der Waals surface area contributed by atoms with Gasteiger partial charge in [0.15, 0.2) is 0 Å². The summed E-state index contributed by atoms with van der Waals surface area (Å²) < 4.78 is 5.61. The minimum atomic E-state index is -0.479. The van der Waals surface area contributed by atoms with Crippen LogP contribution in [0, 0.1) is 0 Å². The third-order valence-electron chi connectivity index (χ3n) is 3.44. The van der Waals surface area contributed by atoms with Gasteiger partial charge in [0, 0.05) is 31.4 Å². The molecule has 1 fully saturated rings. The van der Waals surface area contributed by atoms with Gasteiger partial charge in [0.25, 0.3) is 0 Å². The summed E-state index contributed by atoms with van der Waals surface area (Å²) in [7, 11) is 2.05.